The molecule has 124 valence electrons. The van der Waals surface area contributed by atoms with Gasteiger partial charge in [-0.05, 0) is 38.3 Å². The third-order valence-corrected chi connectivity index (χ3v) is 3.29. The second-order valence-corrected chi connectivity index (χ2v) is 5.91. The van der Waals surface area contributed by atoms with Crippen LogP contribution in [0.4, 0.5) is 4.79 Å². The summed E-state index contributed by atoms with van der Waals surface area (Å²) in [5.41, 5.74) is 0. The van der Waals surface area contributed by atoms with Gasteiger partial charge >= 0.3 is 12.0 Å². The first-order chi connectivity index (χ1) is 10.9. The predicted octanol–water partition coefficient (Wildman–Crippen LogP) is 2.46. The molecule has 1 aromatic rings. The van der Waals surface area contributed by atoms with Crippen LogP contribution in [0.2, 0.25) is 0 Å². The lowest BCUT2D eigenvalue weighted by Crippen LogP contribution is -2.46. The fourth-order valence-corrected chi connectivity index (χ4v) is 2.10. The van der Waals surface area contributed by atoms with Gasteiger partial charge in [0, 0.05) is 17.0 Å². The van der Waals surface area contributed by atoms with Gasteiger partial charge < -0.3 is 10.1 Å². The van der Waals surface area contributed by atoms with Crippen LogP contribution in [0.1, 0.15) is 20.8 Å². The van der Waals surface area contributed by atoms with E-state index in [9.17, 15) is 14.4 Å². The molecule has 1 atom stereocenters. The Kier molecular flexibility index (Phi) is 7.90. The van der Waals surface area contributed by atoms with Crippen molar-refractivity contribution in [2.75, 3.05) is 0 Å². The predicted molar refractivity (Wildman–Crippen MR) is 88.8 cm³/mol. The molecule has 0 bridgehead atoms. The summed E-state index contributed by atoms with van der Waals surface area (Å²) in [7, 11) is 0. The highest BCUT2D eigenvalue weighted by Gasteiger charge is 2.19. The molecule has 0 saturated carbocycles. The van der Waals surface area contributed by atoms with Crippen molar-refractivity contribution in [1.29, 1.82) is 0 Å². The number of benzene rings is 1. The topological polar surface area (TPSA) is 84.5 Å². The molecular formula is C16H20N2O4S. The van der Waals surface area contributed by atoms with E-state index in [1.807, 2.05) is 30.3 Å². The van der Waals surface area contributed by atoms with E-state index in [1.54, 1.807) is 19.3 Å². The second-order valence-electron chi connectivity index (χ2n) is 4.93. The highest BCUT2D eigenvalue weighted by atomic mass is 32.2. The molecule has 1 rings (SSSR count). The van der Waals surface area contributed by atoms with Crippen molar-refractivity contribution in [2.45, 2.75) is 37.8 Å². The first-order valence-corrected chi connectivity index (χ1v) is 7.96. The van der Waals surface area contributed by atoms with Gasteiger partial charge in [-0.25, -0.2) is 9.59 Å². The fraction of sp³-hybridized carbons (Fsp3) is 0.312. The summed E-state index contributed by atoms with van der Waals surface area (Å²) < 4.78 is 4.92. The SMILES string of the molecule is CC(C)NC(=O)NC(=O)[C@H](C)OC(=O)/C=C/Sc1ccccc1. The van der Waals surface area contributed by atoms with Gasteiger partial charge in [-0.3, -0.25) is 10.1 Å². The Morgan fingerprint density at radius 1 is 1.13 bits per heavy atom. The van der Waals surface area contributed by atoms with Gasteiger partial charge in [0.05, 0.1) is 0 Å². The van der Waals surface area contributed by atoms with Crippen LogP contribution in [0.25, 0.3) is 0 Å². The molecule has 0 radical (unpaired) electrons. The van der Waals surface area contributed by atoms with E-state index < -0.39 is 24.0 Å². The molecule has 6 nitrogen and oxygen atoms in total. The summed E-state index contributed by atoms with van der Waals surface area (Å²) in [6, 6.07) is 8.78. The number of carbonyl (C=O) groups is 3. The summed E-state index contributed by atoms with van der Waals surface area (Å²) >= 11 is 1.36. The summed E-state index contributed by atoms with van der Waals surface area (Å²) in [5.74, 6) is -1.33. The van der Waals surface area contributed by atoms with E-state index in [0.717, 1.165) is 4.90 Å². The Morgan fingerprint density at radius 3 is 2.39 bits per heavy atom. The molecule has 2 N–H and O–H groups in total. The van der Waals surface area contributed by atoms with Crippen molar-refractivity contribution >= 4 is 29.7 Å². The van der Waals surface area contributed by atoms with Gasteiger partial charge in [0.25, 0.3) is 5.91 Å². The number of rotatable bonds is 6. The number of hydrogen-bond donors (Lipinski definition) is 2. The van der Waals surface area contributed by atoms with Crippen molar-refractivity contribution in [2.24, 2.45) is 0 Å². The zero-order chi connectivity index (χ0) is 17.2. The van der Waals surface area contributed by atoms with Crippen LogP contribution >= 0.6 is 11.8 Å². The van der Waals surface area contributed by atoms with Gasteiger partial charge in [0.1, 0.15) is 0 Å². The van der Waals surface area contributed by atoms with Crippen LogP contribution in [-0.4, -0.2) is 30.1 Å². The van der Waals surface area contributed by atoms with Gasteiger partial charge in [0.2, 0.25) is 0 Å². The number of carbonyl (C=O) groups excluding carboxylic acids is 3. The standard InChI is InChI=1S/C16H20N2O4S/c1-11(2)17-16(21)18-15(20)12(3)22-14(19)9-10-23-13-7-5-4-6-8-13/h4-12H,1-3H3,(H2,17,18,20,21)/b10-9+/t12-/m0/s1. The van der Waals surface area contributed by atoms with E-state index in [0.29, 0.717) is 0 Å². The van der Waals surface area contributed by atoms with E-state index in [4.69, 9.17) is 4.74 Å². The van der Waals surface area contributed by atoms with Crippen LogP contribution < -0.4 is 10.6 Å². The molecule has 0 spiro atoms. The number of urea groups is 1. The first-order valence-electron chi connectivity index (χ1n) is 7.08. The minimum Gasteiger partial charge on any atom is -0.449 e. The lowest BCUT2D eigenvalue weighted by Gasteiger charge is -2.13. The minimum absolute atomic E-state index is 0.0985. The molecule has 3 amide bonds. The van der Waals surface area contributed by atoms with Crippen molar-refractivity contribution in [3.05, 3.63) is 41.8 Å². The zero-order valence-corrected chi connectivity index (χ0v) is 14.1. The number of imide groups is 1. The van der Waals surface area contributed by atoms with Gasteiger partial charge in [-0.1, -0.05) is 30.0 Å². The summed E-state index contributed by atoms with van der Waals surface area (Å²) in [4.78, 5) is 35.7. The van der Waals surface area contributed by atoms with Gasteiger partial charge in [-0.2, -0.15) is 0 Å². The molecule has 0 aromatic heterocycles. The Labute approximate surface area is 139 Å². The van der Waals surface area contributed by atoms with Crippen molar-refractivity contribution in [3.63, 3.8) is 0 Å². The zero-order valence-electron chi connectivity index (χ0n) is 13.2. The van der Waals surface area contributed by atoms with Gasteiger partial charge in [-0.15, -0.1) is 0 Å². The molecule has 0 fully saturated rings. The third kappa shape index (κ3) is 8.06. The van der Waals surface area contributed by atoms with E-state index in [2.05, 4.69) is 10.6 Å². The maximum absolute atomic E-state index is 11.7. The first kappa shape index (κ1) is 18.8. The largest absolute Gasteiger partial charge is 0.449 e. The quantitative estimate of drug-likeness (QED) is 0.473. The number of esters is 1. The fourth-order valence-electron chi connectivity index (χ4n) is 1.45. The average molecular weight is 336 g/mol. The third-order valence-electron chi connectivity index (χ3n) is 2.47. The van der Waals surface area contributed by atoms with E-state index in [-0.39, 0.29) is 6.04 Å². The molecule has 23 heavy (non-hydrogen) atoms. The molecule has 0 saturated heterocycles. The Bertz CT molecular complexity index is 573. The summed E-state index contributed by atoms with van der Waals surface area (Å²) in [5, 5.41) is 6.19. The molecule has 0 unspecified atom stereocenters. The normalized spacial score (nSPS) is 12.0. The van der Waals surface area contributed by atoms with Crippen LogP contribution in [0.3, 0.4) is 0 Å². The maximum atomic E-state index is 11.7. The highest BCUT2D eigenvalue weighted by Crippen LogP contribution is 2.17. The average Bonchev–Trinajstić information content (AvgIpc) is 2.47. The van der Waals surface area contributed by atoms with Crippen LogP contribution in [0.15, 0.2) is 46.7 Å². The Morgan fingerprint density at radius 2 is 1.78 bits per heavy atom. The maximum Gasteiger partial charge on any atom is 0.332 e. The van der Waals surface area contributed by atoms with E-state index in [1.165, 1.54) is 24.8 Å². The molecule has 0 heterocycles. The molecule has 0 aliphatic rings. The van der Waals surface area contributed by atoms with E-state index >= 15 is 0 Å². The Balaban J connectivity index is 2.37. The van der Waals surface area contributed by atoms with Crippen molar-refractivity contribution < 1.29 is 19.1 Å². The molecular weight excluding hydrogens is 316 g/mol. The molecule has 0 aliphatic carbocycles. The second kappa shape index (κ2) is 9.68. The number of amides is 3. The smallest absolute Gasteiger partial charge is 0.332 e. The van der Waals surface area contributed by atoms with Crippen molar-refractivity contribution in [3.8, 4) is 0 Å². The summed E-state index contributed by atoms with van der Waals surface area (Å²) in [6.07, 6.45) is 0.169. The number of thioether (sulfide) groups is 1. The monoisotopic (exact) mass is 336 g/mol. The molecule has 7 heteroatoms. The van der Waals surface area contributed by atoms with Crippen LogP contribution in [-0.2, 0) is 14.3 Å². The molecule has 0 aliphatic heterocycles. The number of ether oxygens (including phenoxy) is 1. The minimum atomic E-state index is -1.06. The summed E-state index contributed by atoms with van der Waals surface area (Å²) in [6.45, 7) is 4.93. The molecule has 1 aromatic carbocycles. The lowest BCUT2D eigenvalue weighted by molar-refractivity contribution is -0.149. The van der Waals surface area contributed by atoms with Crippen LogP contribution in [0, 0.1) is 0 Å². The van der Waals surface area contributed by atoms with Gasteiger partial charge in [0.15, 0.2) is 6.10 Å². The highest BCUT2D eigenvalue weighted by molar-refractivity contribution is 8.02. The lowest BCUT2D eigenvalue weighted by atomic mass is 10.3. The number of nitrogens with one attached hydrogen (secondary N) is 2. The Hall–Kier alpha value is -2.28. The van der Waals surface area contributed by atoms with Crippen LogP contribution in [0.5, 0.6) is 0 Å². The number of hydrogen-bond acceptors (Lipinski definition) is 5. The van der Waals surface area contributed by atoms with Crippen molar-refractivity contribution in [1.82, 2.24) is 10.6 Å².